The van der Waals surface area contributed by atoms with Crippen LogP contribution in [0.3, 0.4) is 0 Å². The lowest BCUT2D eigenvalue weighted by molar-refractivity contribution is -0.384. The van der Waals surface area contributed by atoms with Crippen LogP contribution in [0.2, 0.25) is 0 Å². The van der Waals surface area contributed by atoms with Crippen LogP contribution in [0.15, 0.2) is 48.5 Å². The zero-order valence-corrected chi connectivity index (χ0v) is 12.2. The molecule has 0 bridgehead atoms. The maximum Gasteiger partial charge on any atom is 0.332 e. The minimum absolute atomic E-state index is 0.113. The Kier molecular flexibility index (Phi) is 4.89. The van der Waals surface area contributed by atoms with Crippen molar-refractivity contribution in [2.24, 2.45) is 0 Å². The maximum absolute atomic E-state index is 12.0. The van der Waals surface area contributed by atoms with Crippen LogP contribution in [0.5, 0.6) is 0 Å². The molecule has 0 heterocycles. The van der Waals surface area contributed by atoms with Crippen molar-refractivity contribution in [3.63, 3.8) is 0 Å². The van der Waals surface area contributed by atoms with E-state index in [0.717, 1.165) is 0 Å². The quantitative estimate of drug-likeness (QED) is 0.517. The van der Waals surface area contributed by atoms with Gasteiger partial charge in [-0.25, -0.2) is 4.79 Å². The highest BCUT2D eigenvalue weighted by molar-refractivity contribution is 5.81. The number of nitro benzene ring substituents is 1. The molecule has 1 unspecified atom stereocenters. The maximum atomic E-state index is 12.0. The number of anilines is 1. The van der Waals surface area contributed by atoms with E-state index in [-0.39, 0.29) is 5.69 Å². The van der Waals surface area contributed by atoms with E-state index >= 15 is 0 Å². The molecule has 0 fully saturated rings. The lowest BCUT2D eigenvalue weighted by Crippen LogP contribution is -2.22. The number of esters is 1. The Morgan fingerprint density at radius 1 is 1.30 bits per heavy atom. The topological polar surface area (TPSA) is 105 Å². The molecule has 2 aromatic rings. The fourth-order valence-corrected chi connectivity index (χ4v) is 2.02. The van der Waals surface area contributed by atoms with Crippen molar-refractivity contribution in [2.75, 3.05) is 12.4 Å². The standard InChI is InChI=1S/C16H13N3O4/c1-23-16(20)15(12-3-2-4-14(9-12)19(21)22)18-13-7-5-11(10-17)6-8-13/h2-9,15,18H,1H3. The molecule has 0 aliphatic heterocycles. The Balaban J connectivity index is 2.33. The molecule has 0 saturated heterocycles. The summed E-state index contributed by atoms with van der Waals surface area (Å²) < 4.78 is 4.76. The average Bonchev–Trinajstić information content (AvgIpc) is 2.59. The molecule has 0 aromatic heterocycles. The molecular weight excluding hydrogens is 298 g/mol. The van der Waals surface area contributed by atoms with Crippen molar-refractivity contribution in [1.82, 2.24) is 0 Å². The zero-order valence-electron chi connectivity index (χ0n) is 12.2. The minimum atomic E-state index is -0.896. The summed E-state index contributed by atoms with van der Waals surface area (Å²) in [6.45, 7) is 0. The van der Waals surface area contributed by atoms with Gasteiger partial charge in [0.05, 0.1) is 23.7 Å². The van der Waals surface area contributed by atoms with Crippen LogP contribution in [-0.2, 0) is 9.53 Å². The number of hydrogen-bond acceptors (Lipinski definition) is 6. The minimum Gasteiger partial charge on any atom is -0.467 e. The number of hydrogen-bond donors (Lipinski definition) is 1. The number of carbonyl (C=O) groups is 1. The Morgan fingerprint density at radius 3 is 2.57 bits per heavy atom. The van der Waals surface area contributed by atoms with Gasteiger partial charge in [-0.15, -0.1) is 0 Å². The Labute approximate surface area is 132 Å². The van der Waals surface area contributed by atoms with E-state index in [1.807, 2.05) is 6.07 Å². The summed E-state index contributed by atoms with van der Waals surface area (Å²) in [7, 11) is 1.24. The van der Waals surface area contributed by atoms with E-state index in [2.05, 4.69) is 5.32 Å². The number of nitrogens with one attached hydrogen (secondary N) is 1. The van der Waals surface area contributed by atoms with Crippen LogP contribution in [0.1, 0.15) is 17.2 Å². The average molecular weight is 311 g/mol. The number of benzene rings is 2. The first kappa shape index (κ1) is 16.0. The van der Waals surface area contributed by atoms with Crippen LogP contribution in [-0.4, -0.2) is 18.0 Å². The Morgan fingerprint density at radius 2 is 2.00 bits per heavy atom. The molecular formula is C16H13N3O4. The molecule has 116 valence electrons. The van der Waals surface area contributed by atoms with Gasteiger partial charge in [0.15, 0.2) is 6.04 Å². The molecule has 2 rings (SSSR count). The summed E-state index contributed by atoms with van der Waals surface area (Å²) in [6.07, 6.45) is 0. The van der Waals surface area contributed by atoms with Crippen LogP contribution in [0.4, 0.5) is 11.4 Å². The number of carbonyl (C=O) groups excluding carboxylic acids is 1. The third-order valence-electron chi connectivity index (χ3n) is 3.18. The molecule has 7 nitrogen and oxygen atoms in total. The molecule has 0 amide bonds. The van der Waals surface area contributed by atoms with Gasteiger partial charge in [0.1, 0.15) is 0 Å². The van der Waals surface area contributed by atoms with Crippen molar-refractivity contribution < 1.29 is 14.5 Å². The summed E-state index contributed by atoms with van der Waals surface area (Å²) >= 11 is 0. The Bertz CT molecular complexity index is 766. The molecule has 7 heteroatoms. The fraction of sp³-hybridized carbons (Fsp3) is 0.125. The molecule has 0 radical (unpaired) electrons. The molecule has 23 heavy (non-hydrogen) atoms. The Hall–Kier alpha value is -3.40. The second-order valence-electron chi connectivity index (χ2n) is 4.64. The second-order valence-corrected chi connectivity index (χ2v) is 4.64. The lowest BCUT2D eigenvalue weighted by Gasteiger charge is -2.18. The largest absolute Gasteiger partial charge is 0.467 e. The van der Waals surface area contributed by atoms with Gasteiger partial charge >= 0.3 is 5.97 Å². The summed E-state index contributed by atoms with van der Waals surface area (Å²) in [5.74, 6) is -0.574. The highest BCUT2D eigenvalue weighted by Gasteiger charge is 2.23. The molecule has 2 aromatic carbocycles. The summed E-state index contributed by atoms with van der Waals surface area (Å²) in [5.41, 5.74) is 1.37. The lowest BCUT2D eigenvalue weighted by atomic mass is 10.1. The second kappa shape index (κ2) is 7.04. The highest BCUT2D eigenvalue weighted by Crippen LogP contribution is 2.24. The summed E-state index contributed by atoms with van der Waals surface area (Å²) in [4.78, 5) is 22.4. The molecule has 0 spiro atoms. The van der Waals surface area contributed by atoms with Gasteiger partial charge in [-0.05, 0) is 29.8 Å². The third kappa shape index (κ3) is 3.83. The fourth-order valence-electron chi connectivity index (χ4n) is 2.02. The third-order valence-corrected chi connectivity index (χ3v) is 3.18. The van der Waals surface area contributed by atoms with E-state index in [1.54, 1.807) is 30.3 Å². The van der Waals surface area contributed by atoms with Crippen LogP contribution in [0, 0.1) is 21.4 Å². The number of non-ortho nitro benzene ring substituents is 1. The van der Waals surface area contributed by atoms with Crippen LogP contribution < -0.4 is 5.32 Å². The van der Waals surface area contributed by atoms with E-state index in [4.69, 9.17) is 10.00 Å². The normalized spacial score (nSPS) is 11.1. The number of rotatable bonds is 5. The summed E-state index contributed by atoms with van der Waals surface area (Å²) in [6, 6.07) is 13.4. The predicted molar refractivity (Wildman–Crippen MR) is 82.6 cm³/mol. The number of nitro groups is 1. The van der Waals surface area contributed by atoms with E-state index in [9.17, 15) is 14.9 Å². The van der Waals surface area contributed by atoms with Crippen LogP contribution in [0.25, 0.3) is 0 Å². The van der Waals surface area contributed by atoms with Crippen molar-refractivity contribution in [3.05, 3.63) is 69.8 Å². The summed E-state index contributed by atoms with van der Waals surface area (Å²) in [5, 5.41) is 22.6. The van der Waals surface area contributed by atoms with Gasteiger partial charge < -0.3 is 10.1 Å². The predicted octanol–water partition coefficient (Wildman–Crippen LogP) is 2.79. The zero-order chi connectivity index (χ0) is 16.8. The van der Waals surface area contributed by atoms with Gasteiger partial charge in [-0.2, -0.15) is 5.26 Å². The van der Waals surface area contributed by atoms with Crippen LogP contribution >= 0.6 is 0 Å². The van der Waals surface area contributed by atoms with E-state index in [1.165, 1.54) is 25.3 Å². The molecule has 0 aliphatic carbocycles. The smallest absolute Gasteiger partial charge is 0.332 e. The SMILES string of the molecule is COC(=O)C(Nc1ccc(C#N)cc1)c1cccc([N+](=O)[O-])c1. The first-order valence-corrected chi connectivity index (χ1v) is 6.64. The van der Waals surface area contributed by atoms with E-state index < -0.39 is 16.9 Å². The molecule has 1 atom stereocenters. The van der Waals surface area contributed by atoms with Crippen molar-refractivity contribution >= 4 is 17.3 Å². The number of nitrogens with zero attached hydrogens (tertiary/aromatic N) is 2. The van der Waals surface area contributed by atoms with Gasteiger partial charge in [0.25, 0.3) is 5.69 Å². The first-order chi connectivity index (χ1) is 11.0. The monoisotopic (exact) mass is 311 g/mol. The van der Waals surface area contributed by atoms with E-state index in [0.29, 0.717) is 16.8 Å². The number of nitriles is 1. The van der Waals surface area contributed by atoms with Gasteiger partial charge in [0, 0.05) is 17.8 Å². The first-order valence-electron chi connectivity index (χ1n) is 6.64. The molecule has 1 N–H and O–H groups in total. The van der Waals surface area contributed by atoms with Gasteiger partial charge in [0.2, 0.25) is 0 Å². The molecule has 0 saturated carbocycles. The molecule has 0 aliphatic rings. The highest BCUT2D eigenvalue weighted by atomic mass is 16.6. The van der Waals surface area contributed by atoms with Gasteiger partial charge in [-0.1, -0.05) is 12.1 Å². The van der Waals surface area contributed by atoms with Gasteiger partial charge in [-0.3, -0.25) is 10.1 Å². The number of ether oxygens (including phenoxy) is 1. The van der Waals surface area contributed by atoms with Crippen molar-refractivity contribution in [1.29, 1.82) is 5.26 Å². The number of methoxy groups -OCH3 is 1. The van der Waals surface area contributed by atoms with Crippen molar-refractivity contribution in [2.45, 2.75) is 6.04 Å². The van der Waals surface area contributed by atoms with Crippen molar-refractivity contribution in [3.8, 4) is 6.07 Å².